The van der Waals surface area contributed by atoms with Crippen LogP contribution < -0.4 is 25.8 Å². The van der Waals surface area contributed by atoms with Crippen molar-refractivity contribution in [3.63, 3.8) is 0 Å². The third-order valence-corrected chi connectivity index (χ3v) is 7.75. The topological polar surface area (TPSA) is 97.2 Å². The lowest BCUT2D eigenvalue weighted by atomic mass is 9.99. The molecule has 1 saturated carbocycles. The van der Waals surface area contributed by atoms with Crippen LogP contribution in [0.4, 0.5) is 17.5 Å². The van der Waals surface area contributed by atoms with Gasteiger partial charge in [-0.05, 0) is 55.2 Å². The molecule has 1 saturated heterocycles. The summed E-state index contributed by atoms with van der Waals surface area (Å²) in [6.07, 6.45) is 7.89. The fourth-order valence-electron chi connectivity index (χ4n) is 5.68. The predicted molar refractivity (Wildman–Crippen MR) is 151 cm³/mol. The largest absolute Gasteiger partial charge is 0.497 e. The molecule has 4 heterocycles. The number of piperazine rings is 1. The van der Waals surface area contributed by atoms with Crippen LogP contribution in [0.25, 0.3) is 22.2 Å². The lowest BCUT2D eigenvalue weighted by molar-refractivity contribution is 0.415. The number of ether oxygens (including phenoxy) is 1. The van der Waals surface area contributed by atoms with Gasteiger partial charge < -0.3 is 20.3 Å². The summed E-state index contributed by atoms with van der Waals surface area (Å²) < 4.78 is 7.23. The summed E-state index contributed by atoms with van der Waals surface area (Å²) in [5, 5.41) is 7.51. The van der Waals surface area contributed by atoms with Crippen LogP contribution in [0.15, 0.2) is 53.6 Å². The molecule has 1 aromatic carbocycles. The molecule has 6 rings (SSSR count). The van der Waals surface area contributed by atoms with E-state index < -0.39 is 0 Å². The minimum absolute atomic E-state index is 0.00443. The maximum absolute atomic E-state index is 14.0. The van der Waals surface area contributed by atoms with Gasteiger partial charge in [-0.25, -0.2) is 9.97 Å². The Labute approximate surface area is 221 Å². The lowest BCUT2D eigenvalue weighted by Crippen LogP contribution is -2.43. The highest BCUT2D eigenvalue weighted by Gasteiger charge is 2.25. The first-order valence-electron chi connectivity index (χ1n) is 13.4. The number of fused-ring (bicyclic) bond motifs is 1. The van der Waals surface area contributed by atoms with E-state index in [0.29, 0.717) is 23.0 Å². The van der Waals surface area contributed by atoms with Crippen molar-refractivity contribution in [2.45, 2.75) is 38.6 Å². The highest BCUT2D eigenvalue weighted by atomic mass is 16.5. The van der Waals surface area contributed by atoms with Crippen molar-refractivity contribution in [1.29, 1.82) is 0 Å². The number of aryl methyl sites for hydroxylation is 1. The monoisotopic (exact) mass is 511 g/mol. The molecule has 0 unspecified atom stereocenters. The molecule has 9 heteroatoms. The molecule has 196 valence electrons. The fourth-order valence-corrected chi connectivity index (χ4v) is 5.68. The maximum atomic E-state index is 14.0. The first-order valence-corrected chi connectivity index (χ1v) is 13.4. The molecule has 0 spiro atoms. The number of benzene rings is 1. The smallest absolute Gasteiger partial charge is 0.260 e. The van der Waals surface area contributed by atoms with Gasteiger partial charge in [-0.1, -0.05) is 25.0 Å². The van der Waals surface area contributed by atoms with Gasteiger partial charge in [0.15, 0.2) is 0 Å². The van der Waals surface area contributed by atoms with Gasteiger partial charge in [0.1, 0.15) is 17.2 Å². The number of hydrogen-bond acceptors (Lipinski definition) is 8. The number of hydrogen-bond donors (Lipinski definition) is 2. The minimum Gasteiger partial charge on any atom is -0.497 e. The summed E-state index contributed by atoms with van der Waals surface area (Å²) >= 11 is 0. The second-order valence-corrected chi connectivity index (χ2v) is 10.0. The van der Waals surface area contributed by atoms with Crippen LogP contribution in [-0.2, 0) is 0 Å². The molecule has 9 nitrogen and oxygen atoms in total. The lowest BCUT2D eigenvalue weighted by Gasteiger charge is -2.29. The zero-order valence-electron chi connectivity index (χ0n) is 21.9. The number of anilines is 3. The maximum Gasteiger partial charge on any atom is 0.260 e. The Kier molecular flexibility index (Phi) is 6.68. The van der Waals surface area contributed by atoms with Gasteiger partial charge in [0.05, 0.1) is 24.6 Å². The van der Waals surface area contributed by atoms with Crippen LogP contribution in [-0.4, -0.2) is 52.8 Å². The average Bonchev–Trinajstić information content (AvgIpc) is 3.49. The highest BCUT2D eigenvalue weighted by Crippen LogP contribution is 2.34. The summed E-state index contributed by atoms with van der Waals surface area (Å²) in [6, 6.07) is 11.8. The standard InChI is InChI=1S/C29H33N7O2/c1-19-24-18-32-29(33-25-12-9-22(17-31-25)35-15-13-30-14-16-35)34-27(24)36(21-5-3-4-6-21)28(37)26(19)20-7-10-23(38-2)11-8-20/h7-12,17-18,21,30H,3-6,13-16H2,1-2H3,(H,31,32,33,34). The quantitative estimate of drug-likeness (QED) is 0.392. The molecule has 2 fully saturated rings. The molecule has 1 aliphatic carbocycles. The van der Waals surface area contributed by atoms with Gasteiger partial charge in [-0.2, -0.15) is 4.98 Å². The van der Waals surface area contributed by atoms with E-state index in [4.69, 9.17) is 9.72 Å². The Bertz CT molecular complexity index is 1490. The summed E-state index contributed by atoms with van der Waals surface area (Å²) in [6.45, 7) is 5.88. The number of methoxy groups -OCH3 is 1. The molecule has 0 amide bonds. The Hall–Kier alpha value is -3.98. The second-order valence-electron chi connectivity index (χ2n) is 10.0. The molecule has 3 aromatic heterocycles. The first kappa shape index (κ1) is 24.4. The fraction of sp³-hybridized carbons (Fsp3) is 0.379. The molecule has 1 aliphatic heterocycles. The van der Waals surface area contributed by atoms with Crippen molar-refractivity contribution in [3.8, 4) is 16.9 Å². The van der Waals surface area contributed by atoms with Crippen LogP contribution in [0.3, 0.4) is 0 Å². The average molecular weight is 512 g/mol. The SMILES string of the molecule is COc1ccc(-c2c(C)c3cnc(Nc4ccc(N5CCNCC5)cn4)nc3n(C3CCCC3)c2=O)cc1. The van der Waals surface area contributed by atoms with Crippen molar-refractivity contribution in [2.24, 2.45) is 0 Å². The molecular weight excluding hydrogens is 478 g/mol. The van der Waals surface area contributed by atoms with Crippen LogP contribution in [0.5, 0.6) is 5.75 Å². The number of rotatable bonds is 6. The molecule has 38 heavy (non-hydrogen) atoms. The van der Waals surface area contributed by atoms with Crippen molar-refractivity contribution < 1.29 is 4.74 Å². The molecule has 2 N–H and O–H groups in total. The minimum atomic E-state index is -0.00443. The van der Waals surface area contributed by atoms with Crippen LogP contribution in [0.2, 0.25) is 0 Å². The van der Waals surface area contributed by atoms with Crippen LogP contribution in [0.1, 0.15) is 37.3 Å². The predicted octanol–water partition coefficient (Wildman–Crippen LogP) is 4.44. The van der Waals surface area contributed by atoms with Crippen molar-refractivity contribution in [1.82, 2.24) is 24.8 Å². The van der Waals surface area contributed by atoms with E-state index in [1.807, 2.05) is 54.2 Å². The Morgan fingerprint density at radius 1 is 1.00 bits per heavy atom. The van der Waals surface area contributed by atoms with Crippen molar-refractivity contribution in [3.05, 3.63) is 64.7 Å². The van der Waals surface area contributed by atoms with Gasteiger partial charge in [0.2, 0.25) is 5.95 Å². The van der Waals surface area contributed by atoms with Gasteiger partial charge >= 0.3 is 0 Å². The molecule has 0 radical (unpaired) electrons. The third kappa shape index (κ3) is 4.58. The van der Waals surface area contributed by atoms with E-state index in [9.17, 15) is 4.79 Å². The van der Waals surface area contributed by atoms with Crippen molar-refractivity contribution in [2.75, 3.05) is 43.5 Å². The molecular formula is C29H33N7O2. The van der Waals surface area contributed by atoms with Gasteiger partial charge in [-0.15, -0.1) is 0 Å². The number of aromatic nitrogens is 4. The first-order chi connectivity index (χ1) is 18.6. The highest BCUT2D eigenvalue weighted by molar-refractivity contribution is 5.87. The molecule has 2 aliphatic rings. The van der Waals surface area contributed by atoms with Gasteiger partial charge in [-0.3, -0.25) is 9.36 Å². The summed E-state index contributed by atoms with van der Waals surface area (Å²) in [4.78, 5) is 30.4. The molecule has 0 atom stereocenters. The van der Waals surface area contributed by atoms with E-state index >= 15 is 0 Å². The number of nitrogens with zero attached hydrogens (tertiary/aromatic N) is 5. The van der Waals surface area contributed by atoms with E-state index in [2.05, 4.69) is 31.6 Å². The zero-order chi connectivity index (χ0) is 26.1. The van der Waals surface area contributed by atoms with E-state index in [1.54, 1.807) is 7.11 Å². The Morgan fingerprint density at radius 2 is 1.76 bits per heavy atom. The van der Waals surface area contributed by atoms with Crippen LogP contribution >= 0.6 is 0 Å². The van der Waals surface area contributed by atoms with Crippen LogP contribution in [0, 0.1) is 6.92 Å². The Morgan fingerprint density at radius 3 is 2.45 bits per heavy atom. The molecule has 0 bridgehead atoms. The number of pyridine rings is 2. The van der Waals surface area contributed by atoms with E-state index in [1.165, 1.54) is 0 Å². The second kappa shape index (κ2) is 10.4. The molecule has 4 aromatic rings. The third-order valence-electron chi connectivity index (χ3n) is 7.75. The van der Waals surface area contributed by atoms with E-state index in [-0.39, 0.29) is 11.6 Å². The summed E-state index contributed by atoms with van der Waals surface area (Å²) in [5.74, 6) is 1.86. The van der Waals surface area contributed by atoms with Crippen molar-refractivity contribution >= 4 is 28.5 Å². The summed E-state index contributed by atoms with van der Waals surface area (Å²) in [7, 11) is 1.64. The number of nitrogens with one attached hydrogen (secondary N) is 2. The van der Waals surface area contributed by atoms with Gasteiger partial charge in [0.25, 0.3) is 5.56 Å². The Balaban J connectivity index is 1.39. The summed E-state index contributed by atoms with van der Waals surface area (Å²) in [5.41, 5.74) is 4.23. The zero-order valence-corrected chi connectivity index (χ0v) is 21.9. The van der Waals surface area contributed by atoms with E-state index in [0.717, 1.165) is 79.8 Å². The normalized spacial score (nSPS) is 16.2. The van der Waals surface area contributed by atoms with Gasteiger partial charge in [0, 0.05) is 43.8 Å².